The number of rotatable bonds is 1. The molecule has 0 saturated carbocycles. The molecule has 0 spiro atoms. The number of nitrogen functional groups attached to an aromatic ring is 1. The number of nitrogens with one attached hydrogen (secondary N) is 1. The van der Waals surface area contributed by atoms with Crippen molar-refractivity contribution in [3.05, 3.63) is 34.8 Å². The molecule has 0 unspecified atom stereocenters. The fourth-order valence-corrected chi connectivity index (χ4v) is 2.73. The summed E-state index contributed by atoms with van der Waals surface area (Å²) in [6, 6.07) is 6.08. The van der Waals surface area contributed by atoms with Crippen LogP contribution in [0.4, 0.5) is 5.69 Å². The van der Waals surface area contributed by atoms with E-state index in [1.54, 1.807) is 11.3 Å². The minimum atomic E-state index is 0.832. The van der Waals surface area contributed by atoms with Crippen molar-refractivity contribution in [3.63, 3.8) is 0 Å². The maximum Gasteiger partial charge on any atom is 0.139 e. The molecule has 0 radical (unpaired) electrons. The second-order valence-electron chi connectivity index (χ2n) is 4.22. The number of fused-ring (bicyclic) bond motifs is 1. The molecule has 0 aliphatic rings. The lowest BCUT2D eigenvalue weighted by Gasteiger charge is -1.99. The maximum atomic E-state index is 5.91. The average Bonchev–Trinajstić information content (AvgIpc) is 2.90. The van der Waals surface area contributed by atoms with Crippen molar-refractivity contribution >= 4 is 27.9 Å². The first-order chi connectivity index (χ1) is 8.15. The number of H-pyrrole nitrogens is 1. The van der Waals surface area contributed by atoms with Crippen molar-refractivity contribution < 1.29 is 0 Å². The van der Waals surface area contributed by atoms with E-state index in [2.05, 4.69) is 21.4 Å². The number of thiazole rings is 1. The largest absolute Gasteiger partial charge is 0.398 e. The van der Waals surface area contributed by atoms with E-state index in [9.17, 15) is 0 Å². The van der Waals surface area contributed by atoms with Gasteiger partial charge in [-0.1, -0.05) is 0 Å². The molecule has 0 bridgehead atoms. The predicted octanol–water partition coefficient (Wildman–Crippen LogP) is 3.49. The highest BCUT2D eigenvalue weighted by Crippen LogP contribution is 2.30. The summed E-state index contributed by atoms with van der Waals surface area (Å²) in [5.41, 5.74) is 11.1. The molecule has 0 fully saturated rings. The normalized spacial score (nSPS) is 11.2. The fraction of sp³-hybridized carbons (Fsp3) is 0.154. The Morgan fingerprint density at radius 3 is 2.82 bits per heavy atom. The summed E-state index contributed by atoms with van der Waals surface area (Å²) in [7, 11) is 0. The molecule has 2 heterocycles. The molecule has 0 atom stereocenters. The number of hydrogen-bond acceptors (Lipinski definition) is 3. The van der Waals surface area contributed by atoms with E-state index in [0.29, 0.717) is 0 Å². The van der Waals surface area contributed by atoms with Crippen LogP contribution in [0.25, 0.3) is 21.6 Å². The van der Waals surface area contributed by atoms with Gasteiger partial charge in [0.15, 0.2) is 0 Å². The van der Waals surface area contributed by atoms with Gasteiger partial charge in [0, 0.05) is 27.7 Å². The molecule has 0 aliphatic heterocycles. The zero-order valence-corrected chi connectivity index (χ0v) is 10.6. The highest BCUT2D eigenvalue weighted by atomic mass is 32.1. The molecule has 3 N–H and O–H groups in total. The average molecular weight is 243 g/mol. The van der Waals surface area contributed by atoms with Crippen molar-refractivity contribution in [1.82, 2.24) is 9.97 Å². The number of hydrogen-bond donors (Lipinski definition) is 2. The summed E-state index contributed by atoms with van der Waals surface area (Å²) in [4.78, 5) is 7.87. The van der Waals surface area contributed by atoms with Crippen LogP contribution in [-0.2, 0) is 0 Å². The lowest BCUT2D eigenvalue weighted by atomic mass is 10.1. The van der Waals surface area contributed by atoms with Crippen LogP contribution in [0.3, 0.4) is 0 Å². The lowest BCUT2D eigenvalue weighted by Crippen LogP contribution is -1.88. The maximum absolute atomic E-state index is 5.91. The van der Waals surface area contributed by atoms with Crippen LogP contribution in [0.2, 0.25) is 0 Å². The number of nitrogens with two attached hydrogens (primary N) is 1. The summed E-state index contributed by atoms with van der Waals surface area (Å²) in [6.07, 6.45) is 0. The Kier molecular flexibility index (Phi) is 2.19. The summed E-state index contributed by atoms with van der Waals surface area (Å²) in [6.45, 7) is 4.05. The topological polar surface area (TPSA) is 54.7 Å². The van der Waals surface area contributed by atoms with Gasteiger partial charge < -0.3 is 10.7 Å². The van der Waals surface area contributed by atoms with E-state index < -0.39 is 0 Å². The Morgan fingerprint density at radius 1 is 1.29 bits per heavy atom. The quantitative estimate of drug-likeness (QED) is 0.643. The van der Waals surface area contributed by atoms with Crippen LogP contribution >= 0.6 is 11.3 Å². The van der Waals surface area contributed by atoms with Crippen molar-refractivity contribution in [3.8, 4) is 10.7 Å². The lowest BCUT2D eigenvalue weighted by molar-refractivity contribution is 1.25. The molecular weight excluding hydrogens is 230 g/mol. The van der Waals surface area contributed by atoms with Crippen LogP contribution in [0.15, 0.2) is 23.6 Å². The SMILES string of the molecule is Cc1csc(-c2cc3c(C)c(N)ccc3[nH]2)n1. The van der Waals surface area contributed by atoms with Crippen LogP contribution in [0.1, 0.15) is 11.3 Å². The van der Waals surface area contributed by atoms with Crippen LogP contribution in [0, 0.1) is 13.8 Å². The van der Waals surface area contributed by atoms with Gasteiger partial charge in [0.1, 0.15) is 5.01 Å². The number of anilines is 1. The standard InChI is InChI=1S/C13H13N3S/c1-7-6-17-13(15-7)12-5-9-8(2)10(14)3-4-11(9)16-12/h3-6,16H,14H2,1-2H3. The van der Waals surface area contributed by atoms with Crippen LogP contribution in [-0.4, -0.2) is 9.97 Å². The predicted molar refractivity (Wildman–Crippen MR) is 73.3 cm³/mol. The highest BCUT2D eigenvalue weighted by molar-refractivity contribution is 7.13. The van der Waals surface area contributed by atoms with Crippen LogP contribution in [0.5, 0.6) is 0 Å². The molecule has 0 saturated heterocycles. The second-order valence-corrected chi connectivity index (χ2v) is 5.08. The molecular formula is C13H13N3S. The van der Waals surface area contributed by atoms with E-state index >= 15 is 0 Å². The first-order valence-electron chi connectivity index (χ1n) is 5.45. The molecule has 0 aliphatic carbocycles. The van der Waals surface area contributed by atoms with Crippen molar-refractivity contribution in [2.45, 2.75) is 13.8 Å². The van der Waals surface area contributed by atoms with Gasteiger partial charge in [0.05, 0.1) is 5.69 Å². The molecule has 17 heavy (non-hydrogen) atoms. The zero-order valence-electron chi connectivity index (χ0n) is 9.74. The van der Waals surface area contributed by atoms with E-state index in [4.69, 9.17) is 5.73 Å². The van der Waals surface area contributed by atoms with Gasteiger partial charge in [-0.15, -0.1) is 11.3 Å². The minimum absolute atomic E-state index is 0.832. The molecule has 2 aromatic heterocycles. The molecule has 0 amide bonds. The summed E-state index contributed by atoms with van der Waals surface area (Å²) in [5, 5.41) is 4.26. The van der Waals surface area contributed by atoms with E-state index in [1.165, 1.54) is 5.39 Å². The fourth-order valence-electron chi connectivity index (χ4n) is 1.96. The summed E-state index contributed by atoms with van der Waals surface area (Å²) < 4.78 is 0. The second kappa shape index (κ2) is 3.60. The van der Waals surface area contributed by atoms with E-state index in [0.717, 1.165) is 33.2 Å². The Labute approximate surface area is 103 Å². The molecule has 1 aromatic carbocycles. The summed E-state index contributed by atoms with van der Waals surface area (Å²) >= 11 is 1.65. The third-order valence-corrected chi connectivity index (χ3v) is 3.96. The first-order valence-corrected chi connectivity index (χ1v) is 6.33. The molecule has 4 heteroatoms. The summed E-state index contributed by atoms with van der Waals surface area (Å²) in [5.74, 6) is 0. The van der Waals surface area contributed by atoms with Crippen molar-refractivity contribution in [1.29, 1.82) is 0 Å². The monoisotopic (exact) mass is 243 g/mol. The number of aryl methyl sites for hydroxylation is 2. The Bertz CT molecular complexity index is 694. The minimum Gasteiger partial charge on any atom is -0.398 e. The number of aromatic amines is 1. The van der Waals surface area contributed by atoms with Crippen molar-refractivity contribution in [2.75, 3.05) is 5.73 Å². The van der Waals surface area contributed by atoms with Crippen LogP contribution < -0.4 is 5.73 Å². The van der Waals surface area contributed by atoms with Gasteiger partial charge in [-0.25, -0.2) is 4.98 Å². The number of nitrogens with zero attached hydrogens (tertiary/aromatic N) is 1. The molecule has 86 valence electrons. The third kappa shape index (κ3) is 1.61. The third-order valence-electron chi connectivity index (χ3n) is 2.96. The van der Waals surface area contributed by atoms with Gasteiger partial charge in [0.2, 0.25) is 0 Å². The smallest absolute Gasteiger partial charge is 0.139 e. The molecule has 3 aromatic rings. The highest BCUT2D eigenvalue weighted by Gasteiger charge is 2.09. The van der Waals surface area contributed by atoms with Gasteiger partial charge in [-0.3, -0.25) is 0 Å². The van der Waals surface area contributed by atoms with Crippen molar-refractivity contribution in [2.24, 2.45) is 0 Å². The zero-order chi connectivity index (χ0) is 12.0. The van der Waals surface area contributed by atoms with Gasteiger partial charge in [-0.05, 0) is 37.6 Å². The van der Waals surface area contributed by atoms with E-state index in [-0.39, 0.29) is 0 Å². The molecule has 3 nitrogen and oxygen atoms in total. The van der Waals surface area contributed by atoms with Gasteiger partial charge >= 0.3 is 0 Å². The number of aromatic nitrogens is 2. The Balaban J connectivity index is 2.23. The Morgan fingerprint density at radius 2 is 2.12 bits per heavy atom. The van der Waals surface area contributed by atoms with E-state index in [1.807, 2.05) is 26.0 Å². The number of benzene rings is 1. The molecule has 3 rings (SSSR count). The van der Waals surface area contributed by atoms with Gasteiger partial charge in [0.25, 0.3) is 0 Å². The van der Waals surface area contributed by atoms with Gasteiger partial charge in [-0.2, -0.15) is 0 Å². The first kappa shape index (κ1) is 10.4. The Hall–Kier alpha value is -1.81.